The number of aromatic nitrogens is 3. The number of carbonyl (C=O) groups excluding carboxylic acids is 1. The molecular weight excluding hydrogens is 368 g/mol. The Morgan fingerprint density at radius 3 is 2.61 bits per heavy atom. The van der Waals surface area contributed by atoms with Gasteiger partial charge in [0, 0.05) is 23.8 Å². The normalized spacial score (nSPS) is 13.5. The number of para-hydroxylation sites is 1. The van der Waals surface area contributed by atoms with Crippen molar-refractivity contribution in [2.45, 2.75) is 37.9 Å². The van der Waals surface area contributed by atoms with Crippen LogP contribution in [-0.4, -0.2) is 43.9 Å². The molecule has 1 aliphatic carbocycles. The van der Waals surface area contributed by atoms with Crippen LogP contribution in [0.5, 0.6) is 0 Å². The van der Waals surface area contributed by atoms with Gasteiger partial charge >= 0.3 is 0 Å². The molecule has 0 unspecified atom stereocenters. The van der Waals surface area contributed by atoms with Crippen molar-refractivity contribution < 1.29 is 4.79 Å². The van der Waals surface area contributed by atoms with Gasteiger partial charge in [0.15, 0.2) is 11.0 Å². The highest BCUT2D eigenvalue weighted by atomic mass is 32.2. The number of hydrogen-bond donors (Lipinski definition) is 0. The predicted molar refractivity (Wildman–Crippen MR) is 113 cm³/mol. The summed E-state index contributed by atoms with van der Waals surface area (Å²) < 4.78 is 2.04. The summed E-state index contributed by atoms with van der Waals surface area (Å²) in [6.07, 6.45) is 2.25. The zero-order valence-electron chi connectivity index (χ0n) is 16.2. The maximum absolute atomic E-state index is 12.6. The Kier molecular flexibility index (Phi) is 5.48. The molecule has 1 aromatic heterocycles. The van der Waals surface area contributed by atoms with Crippen molar-refractivity contribution in [2.75, 3.05) is 12.3 Å². The van der Waals surface area contributed by atoms with Crippen LogP contribution < -0.4 is 0 Å². The van der Waals surface area contributed by atoms with E-state index < -0.39 is 0 Å². The molecule has 0 radical (unpaired) electrons. The SMILES string of the molecule is CCN(C(=O)CSc1nnc(-c2cccc(C)c2)n1-c1ccccc1)C1CC1. The standard InChI is InChI=1S/C22H24N4OS/c1-3-25(18-12-13-18)20(27)15-28-22-24-23-21(17-9-7-8-16(2)14-17)26(22)19-10-5-4-6-11-19/h4-11,14,18H,3,12-13,15H2,1-2H3. The van der Waals surface area contributed by atoms with Crippen molar-refractivity contribution >= 4 is 17.7 Å². The van der Waals surface area contributed by atoms with Gasteiger partial charge in [-0.1, -0.05) is 53.7 Å². The van der Waals surface area contributed by atoms with E-state index in [9.17, 15) is 4.79 Å². The first-order chi connectivity index (χ1) is 13.7. The molecule has 0 bridgehead atoms. The topological polar surface area (TPSA) is 51.0 Å². The van der Waals surface area contributed by atoms with E-state index in [4.69, 9.17) is 0 Å². The monoisotopic (exact) mass is 392 g/mol. The number of rotatable bonds is 7. The first-order valence-electron chi connectivity index (χ1n) is 9.67. The van der Waals surface area contributed by atoms with Gasteiger partial charge in [0.05, 0.1) is 5.75 Å². The number of aryl methyl sites for hydroxylation is 1. The summed E-state index contributed by atoms with van der Waals surface area (Å²) in [7, 11) is 0. The Morgan fingerprint density at radius 1 is 1.14 bits per heavy atom. The minimum Gasteiger partial charge on any atom is -0.339 e. The maximum atomic E-state index is 12.6. The lowest BCUT2D eigenvalue weighted by atomic mass is 10.1. The van der Waals surface area contributed by atoms with Crippen molar-refractivity contribution in [1.29, 1.82) is 0 Å². The summed E-state index contributed by atoms with van der Waals surface area (Å²) in [4.78, 5) is 14.6. The Bertz CT molecular complexity index is 966. The van der Waals surface area contributed by atoms with Crippen LogP contribution in [0.1, 0.15) is 25.3 Å². The van der Waals surface area contributed by atoms with E-state index in [1.54, 1.807) is 0 Å². The number of carbonyl (C=O) groups is 1. The zero-order chi connectivity index (χ0) is 19.5. The molecule has 1 aliphatic rings. The van der Waals surface area contributed by atoms with Gasteiger partial charge < -0.3 is 4.90 Å². The minimum absolute atomic E-state index is 0.176. The number of nitrogens with zero attached hydrogens (tertiary/aromatic N) is 4. The second-order valence-electron chi connectivity index (χ2n) is 7.05. The minimum atomic E-state index is 0.176. The fourth-order valence-corrected chi connectivity index (χ4v) is 4.22. The van der Waals surface area contributed by atoms with Gasteiger partial charge in [-0.3, -0.25) is 9.36 Å². The summed E-state index contributed by atoms with van der Waals surface area (Å²) in [6.45, 7) is 4.88. The zero-order valence-corrected chi connectivity index (χ0v) is 17.0. The smallest absolute Gasteiger partial charge is 0.233 e. The molecule has 0 saturated heterocycles. The van der Waals surface area contributed by atoms with Crippen LogP contribution in [0.4, 0.5) is 0 Å². The van der Waals surface area contributed by atoms with E-state index in [0.29, 0.717) is 11.8 Å². The molecule has 1 saturated carbocycles. The molecule has 1 heterocycles. The Hall–Kier alpha value is -2.60. The van der Waals surface area contributed by atoms with E-state index in [1.165, 1.54) is 17.3 Å². The fourth-order valence-electron chi connectivity index (χ4n) is 3.38. The molecule has 3 aromatic rings. The van der Waals surface area contributed by atoms with Crippen molar-refractivity contribution in [3.63, 3.8) is 0 Å². The summed E-state index contributed by atoms with van der Waals surface area (Å²) in [5.41, 5.74) is 3.18. The molecule has 0 N–H and O–H groups in total. The van der Waals surface area contributed by atoms with Gasteiger partial charge in [-0.2, -0.15) is 0 Å². The number of benzene rings is 2. The van der Waals surface area contributed by atoms with Gasteiger partial charge in [0.2, 0.25) is 5.91 Å². The first-order valence-corrected chi connectivity index (χ1v) is 10.7. The van der Waals surface area contributed by atoms with E-state index in [-0.39, 0.29) is 5.91 Å². The molecule has 28 heavy (non-hydrogen) atoms. The van der Waals surface area contributed by atoms with Gasteiger partial charge in [0.25, 0.3) is 0 Å². The van der Waals surface area contributed by atoms with Gasteiger partial charge in [-0.05, 0) is 44.9 Å². The van der Waals surface area contributed by atoms with Crippen LogP contribution in [0.2, 0.25) is 0 Å². The Morgan fingerprint density at radius 2 is 1.93 bits per heavy atom. The Labute approximate surface area is 169 Å². The average molecular weight is 393 g/mol. The third kappa shape index (κ3) is 3.97. The predicted octanol–water partition coefficient (Wildman–Crippen LogP) is 4.35. The van der Waals surface area contributed by atoms with E-state index in [2.05, 4.69) is 29.3 Å². The number of hydrogen-bond acceptors (Lipinski definition) is 4. The second kappa shape index (κ2) is 8.19. The second-order valence-corrected chi connectivity index (χ2v) is 7.99. The number of thioether (sulfide) groups is 1. The third-order valence-corrected chi connectivity index (χ3v) is 5.81. The van der Waals surface area contributed by atoms with Gasteiger partial charge in [0.1, 0.15) is 0 Å². The summed E-state index contributed by atoms with van der Waals surface area (Å²) in [5.74, 6) is 1.34. The summed E-state index contributed by atoms with van der Waals surface area (Å²) >= 11 is 1.46. The van der Waals surface area contributed by atoms with Crippen LogP contribution in [0, 0.1) is 6.92 Å². The lowest BCUT2D eigenvalue weighted by Gasteiger charge is -2.20. The van der Waals surface area contributed by atoms with Gasteiger partial charge in [-0.15, -0.1) is 10.2 Å². The molecule has 4 rings (SSSR count). The van der Waals surface area contributed by atoms with Crippen LogP contribution in [0.3, 0.4) is 0 Å². The summed E-state index contributed by atoms with van der Waals surface area (Å²) in [5, 5.41) is 9.62. The van der Waals surface area contributed by atoms with Crippen LogP contribution in [0.25, 0.3) is 17.1 Å². The molecular formula is C22H24N4OS. The summed E-state index contributed by atoms with van der Waals surface area (Å²) in [6, 6.07) is 18.8. The van der Waals surface area contributed by atoms with Crippen molar-refractivity contribution in [3.8, 4) is 17.1 Å². The molecule has 0 spiro atoms. The molecule has 0 atom stereocenters. The molecule has 5 nitrogen and oxygen atoms in total. The highest BCUT2D eigenvalue weighted by molar-refractivity contribution is 7.99. The maximum Gasteiger partial charge on any atom is 0.233 e. The van der Waals surface area contributed by atoms with Crippen molar-refractivity contribution in [2.24, 2.45) is 0 Å². The van der Waals surface area contributed by atoms with Crippen LogP contribution >= 0.6 is 11.8 Å². The quantitative estimate of drug-likeness (QED) is 0.561. The third-order valence-electron chi connectivity index (χ3n) is 4.90. The first kappa shape index (κ1) is 18.7. The highest BCUT2D eigenvalue weighted by Crippen LogP contribution is 2.30. The molecule has 6 heteroatoms. The molecule has 2 aromatic carbocycles. The van der Waals surface area contributed by atoms with E-state index in [1.807, 2.05) is 58.9 Å². The van der Waals surface area contributed by atoms with Crippen LogP contribution in [0.15, 0.2) is 59.8 Å². The van der Waals surface area contributed by atoms with Crippen LogP contribution in [-0.2, 0) is 4.79 Å². The molecule has 1 amide bonds. The molecule has 144 valence electrons. The van der Waals surface area contributed by atoms with Crippen molar-refractivity contribution in [3.05, 3.63) is 60.2 Å². The lowest BCUT2D eigenvalue weighted by Crippen LogP contribution is -2.34. The van der Waals surface area contributed by atoms with Gasteiger partial charge in [-0.25, -0.2) is 0 Å². The molecule has 0 aliphatic heterocycles. The Balaban J connectivity index is 1.65. The average Bonchev–Trinajstić information content (AvgIpc) is 3.45. The molecule has 1 fully saturated rings. The van der Waals surface area contributed by atoms with Crippen molar-refractivity contribution in [1.82, 2.24) is 19.7 Å². The van der Waals surface area contributed by atoms with E-state index >= 15 is 0 Å². The largest absolute Gasteiger partial charge is 0.339 e. The van der Waals surface area contributed by atoms with E-state index in [0.717, 1.165) is 41.6 Å². The highest BCUT2D eigenvalue weighted by Gasteiger charge is 2.31. The number of amides is 1. The fraction of sp³-hybridized carbons (Fsp3) is 0.318. The lowest BCUT2D eigenvalue weighted by molar-refractivity contribution is -0.128.